The molecule has 0 fully saturated rings. The van der Waals surface area contributed by atoms with Gasteiger partial charge in [-0.2, -0.15) is 0 Å². The number of hydrogen-bond acceptors (Lipinski definition) is 11. The third kappa shape index (κ3) is 4.57. The molecule has 3 N–H and O–H groups in total. The summed E-state index contributed by atoms with van der Waals surface area (Å²) in [6.07, 6.45) is 2.60. The van der Waals surface area contributed by atoms with Gasteiger partial charge in [0, 0.05) is 17.3 Å². The molecule has 4 aromatic rings. The van der Waals surface area contributed by atoms with Crippen molar-refractivity contribution in [2.45, 2.75) is 18.0 Å². The maximum Gasteiger partial charge on any atom is 0.267 e. The molecule has 0 aliphatic carbocycles. The molecule has 1 unspecified atom stereocenters. The number of rotatable bonds is 8. The highest BCUT2D eigenvalue weighted by Crippen LogP contribution is 2.33. The number of methoxy groups -OCH3 is 1. The minimum absolute atomic E-state index is 0.0291. The van der Waals surface area contributed by atoms with Crippen molar-refractivity contribution in [2.24, 2.45) is 5.73 Å². The van der Waals surface area contributed by atoms with Crippen LogP contribution in [0.3, 0.4) is 0 Å². The molecule has 34 heavy (non-hydrogen) atoms. The van der Waals surface area contributed by atoms with Gasteiger partial charge in [0.05, 0.1) is 31.2 Å². The predicted molar refractivity (Wildman–Crippen MR) is 121 cm³/mol. The standard InChI is InChI=1S/C21H21N7O5S/c1-13-10-24-19(21(26-13)32-2)28(11-17(22)29)34(30,31)16-4-3-9-23-18(16)14-5-7-15(8-6-14)20-27-25-12-33-20/h3-10,12,17,29H,11,22H2,1-2H3. The smallest absolute Gasteiger partial charge is 0.267 e. The maximum atomic E-state index is 13.8. The van der Waals surface area contributed by atoms with Crippen molar-refractivity contribution in [3.63, 3.8) is 0 Å². The number of nitrogens with zero attached hydrogens (tertiary/aromatic N) is 6. The average Bonchev–Trinajstić information content (AvgIpc) is 3.38. The van der Waals surface area contributed by atoms with E-state index in [9.17, 15) is 13.5 Å². The Labute approximate surface area is 195 Å². The second-order valence-electron chi connectivity index (χ2n) is 7.12. The highest BCUT2D eigenvalue weighted by Gasteiger charge is 2.33. The first-order valence-corrected chi connectivity index (χ1v) is 11.4. The van der Waals surface area contributed by atoms with E-state index in [2.05, 4.69) is 25.1 Å². The van der Waals surface area contributed by atoms with Crippen LogP contribution in [0, 0.1) is 6.92 Å². The van der Waals surface area contributed by atoms with Crippen LogP contribution < -0.4 is 14.8 Å². The van der Waals surface area contributed by atoms with Crippen molar-refractivity contribution in [2.75, 3.05) is 18.0 Å². The number of sulfonamides is 1. The van der Waals surface area contributed by atoms with E-state index in [1.807, 2.05) is 0 Å². The van der Waals surface area contributed by atoms with Gasteiger partial charge < -0.3 is 20.0 Å². The van der Waals surface area contributed by atoms with Crippen molar-refractivity contribution in [1.29, 1.82) is 0 Å². The summed E-state index contributed by atoms with van der Waals surface area (Å²) in [7, 11) is -2.97. The van der Waals surface area contributed by atoms with Crippen LogP contribution in [0.4, 0.5) is 5.82 Å². The van der Waals surface area contributed by atoms with E-state index < -0.39 is 22.8 Å². The van der Waals surface area contributed by atoms with Gasteiger partial charge in [-0.3, -0.25) is 4.98 Å². The summed E-state index contributed by atoms with van der Waals surface area (Å²) in [4.78, 5) is 12.6. The number of aliphatic hydroxyl groups is 1. The van der Waals surface area contributed by atoms with E-state index in [0.717, 1.165) is 4.31 Å². The van der Waals surface area contributed by atoms with Crippen molar-refractivity contribution in [3.8, 4) is 28.6 Å². The summed E-state index contributed by atoms with van der Waals surface area (Å²) in [5.74, 6) is 0.186. The van der Waals surface area contributed by atoms with Gasteiger partial charge in [0.2, 0.25) is 18.1 Å². The Morgan fingerprint density at radius 1 is 1.18 bits per heavy atom. The van der Waals surface area contributed by atoms with Crippen LogP contribution in [0.15, 0.2) is 64.5 Å². The van der Waals surface area contributed by atoms with Gasteiger partial charge in [-0.05, 0) is 31.2 Å². The van der Waals surface area contributed by atoms with E-state index in [1.165, 1.54) is 38.0 Å². The molecule has 0 bridgehead atoms. The fourth-order valence-corrected chi connectivity index (χ4v) is 4.83. The molecule has 0 amide bonds. The Hall–Kier alpha value is -3.94. The predicted octanol–water partition coefficient (Wildman–Crippen LogP) is 1.38. The first-order chi connectivity index (χ1) is 16.3. The normalized spacial score (nSPS) is 12.4. The van der Waals surface area contributed by atoms with E-state index >= 15 is 0 Å². The first kappa shape index (κ1) is 23.2. The molecule has 0 aliphatic rings. The lowest BCUT2D eigenvalue weighted by Gasteiger charge is -2.26. The van der Waals surface area contributed by atoms with Crippen LogP contribution in [0.25, 0.3) is 22.7 Å². The van der Waals surface area contributed by atoms with Crippen LogP contribution in [0.1, 0.15) is 5.69 Å². The Morgan fingerprint density at radius 3 is 2.56 bits per heavy atom. The molecule has 0 radical (unpaired) electrons. The molecule has 3 heterocycles. The van der Waals surface area contributed by atoms with Gasteiger partial charge in [-0.25, -0.2) is 22.7 Å². The number of aryl methyl sites for hydroxylation is 1. The summed E-state index contributed by atoms with van der Waals surface area (Å²) < 4.78 is 39.0. The molecule has 1 aromatic carbocycles. The molecule has 0 spiro atoms. The van der Waals surface area contributed by atoms with E-state index in [0.29, 0.717) is 22.7 Å². The molecule has 13 heteroatoms. The minimum Gasteiger partial charge on any atom is -0.478 e. The quantitative estimate of drug-likeness (QED) is 0.347. The lowest BCUT2D eigenvalue weighted by atomic mass is 10.1. The van der Waals surface area contributed by atoms with Gasteiger partial charge >= 0.3 is 0 Å². The zero-order chi connectivity index (χ0) is 24.3. The van der Waals surface area contributed by atoms with Gasteiger partial charge in [0.1, 0.15) is 11.1 Å². The minimum atomic E-state index is -4.32. The Bertz CT molecular complexity index is 1380. The van der Waals surface area contributed by atoms with Gasteiger partial charge in [0.15, 0.2) is 0 Å². The molecule has 1 atom stereocenters. The van der Waals surface area contributed by atoms with Gasteiger partial charge in [-0.15, -0.1) is 10.2 Å². The lowest BCUT2D eigenvalue weighted by Crippen LogP contribution is -2.42. The Kier molecular flexibility index (Phi) is 6.49. The van der Waals surface area contributed by atoms with E-state index in [4.69, 9.17) is 14.9 Å². The Balaban J connectivity index is 1.81. The number of nitrogens with two attached hydrogens (primary N) is 1. The fourth-order valence-electron chi connectivity index (χ4n) is 3.23. The lowest BCUT2D eigenvalue weighted by molar-refractivity contribution is 0.191. The fraction of sp³-hybridized carbons (Fsp3) is 0.190. The number of ether oxygens (including phenoxy) is 1. The second-order valence-corrected chi connectivity index (χ2v) is 8.95. The topological polar surface area (TPSA) is 170 Å². The highest BCUT2D eigenvalue weighted by atomic mass is 32.2. The van der Waals surface area contributed by atoms with Crippen molar-refractivity contribution < 1.29 is 22.7 Å². The number of aliphatic hydroxyl groups excluding tert-OH is 1. The van der Waals surface area contributed by atoms with Gasteiger partial charge in [-0.1, -0.05) is 12.1 Å². The van der Waals surface area contributed by atoms with Crippen molar-refractivity contribution >= 4 is 15.8 Å². The summed E-state index contributed by atoms with van der Waals surface area (Å²) in [6, 6.07) is 9.71. The highest BCUT2D eigenvalue weighted by molar-refractivity contribution is 7.93. The first-order valence-electron chi connectivity index (χ1n) is 9.97. The van der Waals surface area contributed by atoms with Gasteiger partial charge in [0.25, 0.3) is 15.9 Å². The largest absolute Gasteiger partial charge is 0.478 e. The zero-order valence-corrected chi connectivity index (χ0v) is 19.0. The number of benzene rings is 1. The Morgan fingerprint density at radius 2 is 1.91 bits per heavy atom. The number of aromatic nitrogens is 5. The monoisotopic (exact) mass is 483 g/mol. The van der Waals surface area contributed by atoms with Crippen molar-refractivity contribution in [3.05, 3.63) is 60.9 Å². The molecule has 0 aliphatic heterocycles. The van der Waals surface area contributed by atoms with Crippen LogP contribution in [-0.4, -0.2) is 58.6 Å². The van der Waals surface area contributed by atoms with Crippen LogP contribution in [0.2, 0.25) is 0 Å². The van der Waals surface area contributed by atoms with Crippen LogP contribution >= 0.6 is 0 Å². The SMILES string of the molecule is COc1nc(C)cnc1N(CC(N)O)S(=O)(=O)c1cccnc1-c1ccc(-c2nnco2)cc1. The summed E-state index contributed by atoms with van der Waals surface area (Å²) in [6.45, 7) is 1.20. The summed E-state index contributed by atoms with van der Waals surface area (Å²) in [5, 5.41) is 17.4. The number of hydrogen-bond donors (Lipinski definition) is 2. The van der Waals surface area contributed by atoms with Crippen LogP contribution in [-0.2, 0) is 10.0 Å². The number of pyridine rings is 1. The molecule has 0 saturated heterocycles. The molecular formula is C21H21N7O5S. The van der Waals surface area contributed by atoms with E-state index in [-0.39, 0.29) is 22.3 Å². The molecule has 4 rings (SSSR count). The summed E-state index contributed by atoms with van der Waals surface area (Å²) in [5.41, 5.74) is 7.46. The summed E-state index contributed by atoms with van der Waals surface area (Å²) >= 11 is 0. The van der Waals surface area contributed by atoms with Crippen molar-refractivity contribution in [1.82, 2.24) is 25.1 Å². The molecular weight excluding hydrogens is 462 g/mol. The third-order valence-electron chi connectivity index (χ3n) is 4.73. The maximum absolute atomic E-state index is 13.8. The second kappa shape index (κ2) is 9.51. The van der Waals surface area contributed by atoms with E-state index in [1.54, 1.807) is 31.2 Å². The molecule has 3 aromatic heterocycles. The average molecular weight is 484 g/mol. The molecule has 12 nitrogen and oxygen atoms in total. The molecule has 176 valence electrons. The number of anilines is 1. The zero-order valence-electron chi connectivity index (χ0n) is 18.2. The third-order valence-corrected chi connectivity index (χ3v) is 6.52. The van der Waals surface area contributed by atoms with Crippen LogP contribution in [0.5, 0.6) is 5.88 Å². The molecule has 0 saturated carbocycles.